The molecule has 0 aromatic heterocycles. The summed E-state index contributed by atoms with van der Waals surface area (Å²) in [6.45, 7) is 7.81. The first-order valence-corrected chi connectivity index (χ1v) is 8.90. The van der Waals surface area contributed by atoms with E-state index in [1.54, 1.807) is 6.07 Å². The summed E-state index contributed by atoms with van der Waals surface area (Å²) in [5, 5.41) is 9.27. The van der Waals surface area contributed by atoms with Gasteiger partial charge in [0.15, 0.2) is 0 Å². The zero-order valence-electron chi connectivity index (χ0n) is 12.4. The van der Waals surface area contributed by atoms with Crippen LogP contribution in [-0.4, -0.2) is 30.4 Å². The van der Waals surface area contributed by atoms with Crippen molar-refractivity contribution in [3.05, 3.63) is 27.7 Å². The largest absolute Gasteiger partial charge is 0.392 e. The predicted molar refractivity (Wildman–Crippen MR) is 84.1 cm³/mol. The van der Waals surface area contributed by atoms with E-state index in [2.05, 4.69) is 15.9 Å². The summed E-state index contributed by atoms with van der Waals surface area (Å²) >= 11 is 3.36. The average molecular weight is 364 g/mol. The van der Waals surface area contributed by atoms with Crippen LogP contribution in [0, 0.1) is 6.92 Å². The van der Waals surface area contributed by atoms with Crippen LogP contribution in [0.3, 0.4) is 0 Å². The molecule has 0 saturated heterocycles. The molecule has 1 rings (SSSR count). The minimum absolute atomic E-state index is 0.107. The van der Waals surface area contributed by atoms with Crippen molar-refractivity contribution in [1.29, 1.82) is 0 Å². The molecule has 0 atom stereocenters. The fraction of sp³-hybridized carbons (Fsp3) is 0.571. The number of hydrogen-bond acceptors (Lipinski definition) is 3. The topological polar surface area (TPSA) is 57.6 Å². The van der Waals surface area contributed by atoms with Crippen molar-refractivity contribution in [2.24, 2.45) is 0 Å². The average Bonchev–Trinajstić information content (AvgIpc) is 2.37. The highest BCUT2D eigenvalue weighted by Gasteiger charge is 2.29. The fourth-order valence-electron chi connectivity index (χ4n) is 2.09. The number of aliphatic hydroxyl groups excluding tert-OH is 1. The molecule has 0 heterocycles. The molecular weight excluding hydrogens is 342 g/mol. The lowest BCUT2D eigenvalue weighted by atomic mass is 10.1. The third-order valence-electron chi connectivity index (χ3n) is 3.07. The van der Waals surface area contributed by atoms with Gasteiger partial charge >= 0.3 is 0 Å². The Labute approximate surface area is 130 Å². The molecule has 1 N–H and O–H groups in total. The minimum Gasteiger partial charge on any atom is -0.392 e. The molecule has 4 nitrogen and oxygen atoms in total. The van der Waals surface area contributed by atoms with Gasteiger partial charge in [-0.2, -0.15) is 4.31 Å². The summed E-state index contributed by atoms with van der Waals surface area (Å²) in [7, 11) is -3.57. The summed E-state index contributed by atoms with van der Waals surface area (Å²) in [6.07, 6.45) is 0.758. The molecule has 0 unspecified atom stereocenters. The van der Waals surface area contributed by atoms with Crippen LogP contribution in [0.25, 0.3) is 0 Å². The van der Waals surface area contributed by atoms with Gasteiger partial charge in [-0.1, -0.05) is 13.0 Å². The van der Waals surface area contributed by atoms with Crippen molar-refractivity contribution in [1.82, 2.24) is 4.31 Å². The molecule has 1 aromatic carbocycles. The first kappa shape index (κ1) is 17.6. The van der Waals surface area contributed by atoms with Gasteiger partial charge in [0.1, 0.15) is 0 Å². The van der Waals surface area contributed by atoms with E-state index < -0.39 is 10.0 Å². The maximum Gasteiger partial charge on any atom is 0.244 e. The molecule has 0 bridgehead atoms. The van der Waals surface area contributed by atoms with Crippen molar-refractivity contribution >= 4 is 26.0 Å². The molecule has 0 aliphatic rings. The number of benzene rings is 1. The number of hydrogen-bond donors (Lipinski definition) is 1. The lowest BCUT2D eigenvalue weighted by Crippen LogP contribution is -2.37. The van der Waals surface area contributed by atoms with E-state index >= 15 is 0 Å². The minimum atomic E-state index is -3.57. The smallest absolute Gasteiger partial charge is 0.244 e. The summed E-state index contributed by atoms with van der Waals surface area (Å²) in [5.41, 5.74) is 1.40. The van der Waals surface area contributed by atoms with Crippen molar-refractivity contribution < 1.29 is 13.5 Å². The van der Waals surface area contributed by atoms with E-state index in [4.69, 9.17) is 0 Å². The van der Waals surface area contributed by atoms with Gasteiger partial charge in [-0.25, -0.2) is 8.42 Å². The van der Waals surface area contributed by atoms with E-state index in [0.29, 0.717) is 16.6 Å². The van der Waals surface area contributed by atoms with Crippen LogP contribution in [0.1, 0.15) is 38.3 Å². The molecule has 0 aliphatic heterocycles. The van der Waals surface area contributed by atoms with Crippen molar-refractivity contribution in [3.8, 4) is 0 Å². The molecule has 114 valence electrons. The molecule has 0 amide bonds. The van der Waals surface area contributed by atoms with Gasteiger partial charge in [0, 0.05) is 17.1 Å². The lowest BCUT2D eigenvalue weighted by molar-refractivity contribution is 0.281. The van der Waals surface area contributed by atoms with Gasteiger partial charge in [0.25, 0.3) is 0 Å². The standard InChI is InChI=1S/C14H22BrNO3S/c1-5-6-16(10(2)3)20(18,19)13-8-12(9-17)7-11(4)14(13)15/h7-8,10,17H,5-6,9H2,1-4H3. The quantitative estimate of drug-likeness (QED) is 0.844. The SMILES string of the molecule is CCCN(C(C)C)S(=O)(=O)c1cc(CO)cc(C)c1Br. The first-order valence-electron chi connectivity index (χ1n) is 6.67. The van der Waals surface area contributed by atoms with Gasteiger partial charge in [0.05, 0.1) is 11.5 Å². The lowest BCUT2D eigenvalue weighted by Gasteiger charge is -2.26. The normalized spacial score (nSPS) is 12.4. The maximum absolute atomic E-state index is 12.8. The Morgan fingerprint density at radius 1 is 1.35 bits per heavy atom. The molecule has 0 saturated carbocycles. The molecular formula is C14H22BrNO3S. The Bertz CT molecular complexity index is 570. The van der Waals surface area contributed by atoms with Gasteiger partial charge in [0.2, 0.25) is 10.0 Å². The Hall–Kier alpha value is -0.430. The van der Waals surface area contributed by atoms with Crippen LogP contribution >= 0.6 is 15.9 Å². The van der Waals surface area contributed by atoms with Gasteiger partial charge in [-0.15, -0.1) is 0 Å². The molecule has 0 aliphatic carbocycles. The highest BCUT2D eigenvalue weighted by Crippen LogP contribution is 2.30. The highest BCUT2D eigenvalue weighted by molar-refractivity contribution is 9.10. The van der Waals surface area contributed by atoms with Crippen LogP contribution in [0.15, 0.2) is 21.5 Å². The second-order valence-corrected chi connectivity index (χ2v) is 7.74. The van der Waals surface area contributed by atoms with Gasteiger partial charge in [-0.3, -0.25) is 0 Å². The first-order chi connectivity index (χ1) is 9.25. The molecule has 0 spiro atoms. The number of rotatable bonds is 6. The third kappa shape index (κ3) is 3.61. The van der Waals surface area contributed by atoms with Crippen LogP contribution in [-0.2, 0) is 16.6 Å². The van der Waals surface area contributed by atoms with Gasteiger partial charge in [-0.05, 0) is 60.3 Å². The van der Waals surface area contributed by atoms with Crippen molar-refractivity contribution in [3.63, 3.8) is 0 Å². The maximum atomic E-state index is 12.8. The third-order valence-corrected chi connectivity index (χ3v) is 6.48. The van der Waals surface area contributed by atoms with Crippen LogP contribution in [0.4, 0.5) is 0 Å². The Morgan fingerprint density at radius 3 is 2.40 bits per heavy atom. The molecule has 0 fully saturated rings. The number of aryl methyl sites for hydroxylation is 1. The van der Waals surface area contributed by atoms with Crippen LogP contribution in [0.2, 0.25) is 0 Å². The summed E-state index contributed by atoms with van der Waals surface area (Å²) < 4.78 is 27.7. The monoisotopic (exact) mass is 363 g/mol. The predicted octanol–water partition coefficient (Wildman–Crippen LogP) is 3.06. The van der Waals surface area contributed by atoms with Gasteiger partial charge < -0.3 is 5.11 Å². The number of sulfonamides is 1. The Kier molecular flexibility index (Phi) is 6.19. The zero-order valence-corrected chi connectivity index (χ0v) is 14.8. The fourth-order valence-corrected chi connectivity index (χ4v) is 4.85. The van der Waals surface area contributed by atoms with Crippen molar-refractivity contribution in [2.45, 2.75) is 51.7 Å². The number of aliphatic hydroxyl groups is 1. The van der Waals surface area contributed by atoms with E-state index in [1.807, 2.05) is 27.7 Å². The van der Waals surface area contributed by atoms with E-state index in [-0.39, 0.29) is 17.5 Å². The van der Waals surface area contributed by atoms with E-state index in [1.165, 1.54) is 10.4 Å². The van der Waals surface area contributed by atoms with E-state index in [9.17, 15) is 13.5 Å². The highest BCUT2D eigenvalue weighted by atomic mass is 79.9. The zero-order chi connectivity index (χ0) is 15.5. The Morgan fingerprint density at radius 2 is 1.95 bits per heavy atom. The summed E-state index contributed by atoms with van der Waals surface area (Å²) in [4.78, 5) is 0.226. The number of halogens is 1. The summed E-state index contributed by atoms with van der Waals surface area (Å²) in [5.74, 6) is 0. The van der Waals surface area contributed by atoms with E-state index in [0.717, 1.165) is 12.0 Å². The number of nitrogens with zero attached hydrogens (tertiary/aromatic N) is 1. The molecule has 1 aromatic rings. The molecule has 0 radical (unpaired) electrons. The molecule has 20 heavy (non-hydrogen) atoms. The van der Waals surface area contributed by atoms with Crippen LogP contribution < -0.4 is 0 Å². The summed E-state index contributed by atoms with van der Waals surface area (Å²) in [6, 6.07) is 3.21. The van der Waals surface area contributed by atoms with Crippen LogP contribution in [0.5, 0.6) is 0 Å². The second-order valence-electron chi connectivity index (χ2n) is 5.09. The molecule has 6 heteroatoms. The second kappa shape index (κ2) is 7.02. The van der Waals surface area contributed by atoms with Crippen molar-refractivity contribution in [2.75, 3.05) is 6.54 Å². The Balaban J connectivity index is 3.44.